The molecular formula is C20H31NO5Si. The fraction of sp³-hybridized carbons (Fsp3) is 0.600. The number of esters is 1. The van der Waals surface area contributed by atoms with Crippen molar-refractivity contribution in [2.45, 2.75) is 47.0 Å². The molecule has 0 aromatic heterocycles. The number of methoxy groups -OCH3 is 1. The van der Waals surface area contributed by atoms with Crippen LogP contribution >= 0.6 is 0 Å². The van der Waals surface area contributed by atoms with Crippen molar-refractivity contribution in [3.8, 4) is 0 Å². The molecule has 1 aliphatic heterocycles. The lowest BCUT2D eigenvalue weighted by Gasteiger charge is -2.45. The zero-order chi connectivity index (χ0) is 20.5. The standard InChI is InChI=1S/C20H31NO5Si/c1-18(2,3)15-12-21(17(23)25-13-14-10-8-7-9-11-14)20(26-27,16(22)24-6)19(15,4)5/h7-11,15H,12-13H2,1-6,27H3/t15-,20-/m1/s1. The molecule has 1 aliphatic rings. The summed E-state index contributed by atoms with van der Waals surface area (Å²) in [5, 5.41) is 0. The molecule has 1 heterocycles. The lowest BCUT2D eigenvalue weighted by molar-refractivity contribution is -0.189. The van der Waals surface area contributed by atoms with Crippen LogP contribution in [0.3, 0.4) is 0 Å². The van der Waals surface area contributed by atoms with Crippen LogP contribution in [0.4, 0.5) is 4.79 Å². The van der Waals surface area contributed by atoms with Crippen LogP contribution in [0.25, 0.3) is 0 Å². The maximum Gasteiger partial charge on any atom is 0.412 e. The summed E-state index contributed by atoms with van der Waals surface area (Å²) < 4.78 is 16.5. The lowest BCUT2D eigenvalue weighted by atomic mass is 9.64. The summed E-state index contributed by atoms with van der Waals surface area (Å²) in [5.74, 6) is -0.548. The number of nitrogens with zero attached hydrogens (tertiary/aromatic N) is 1. The minimum absolute atomic E-state index is 0.0160. The highest BCUT2D eigenvalue weighted by molar-refractivity contribution is 6.01. The third-order valence-electron chi connectivity index (χ3n) is 5.72. The Bertz CT molecular complexity index is 685. The van der Waals surface area contributed by atoms with Crippen molar-refractivity contribution in [1.29, 1.82) is 0 Å². The Kier molecular flexibility index (Phi) is 6.06. The lowest BCUT2D eigenvalue weighted by Crippen LogP contribution is -2.62. The molecule has 2 rings (SSSR count). The number of benzene rings is 1. The van der Waals surface area contributed by atoms with E-state index in [1.54, 1.807) is 0 Å². The molecule has 1 amide bonds. The highest BCUT2D eigenvalue weighted by Crippen LogP contribution is 2.55. The topological polar surface area (TPSA) is 65.1 Å². The third-order valence-corrected chi connectivity index (χ3v) is 6.31. The summed E-state index contributed by atoms with van der Waals surface area (Å²) >= 11 is 0. The second kappa shape index (κ2) is 7.64. The molecule has 0 saturated carbocycles. The Hall–Kier alpha value is -1.86. The SMILES string of the molecule is COC(=O)[C@]1(O[SiH3])N(C(=O)OCc2ccccc2)C[C@H](C(C)(C)C)C1(C)C. The van der Waals surface area contributed by atoms with Crippen molar-refractivity contribution in [2.75, 3.05) is 13.7 Å². The summed E-state index contributed by atoms with van der Waals surface area (Å²) in [5.41, 5.74) is -1.39. The monoisotopic (exact) mass is 393 g/mol. The Morgan fingerprint density at radius 3 is 2.30 bits per heavy atom. The van der Waals surface area contributed by atoms with E-state index in [1.165, 1.54) is 12.0 Å². The van der Waals surface area contributed by atoms with Crippen molar-refractivity contribution in [3.05, 3.63) is 35.9 Å². The summed E-state index contributed by atoms with van der Waals surface area (Å²) in [7, 11) is 1.59. The molecule has 6 nitrogen and oxygen atoms in total. The number of amides is 1. The summed E-state index contributed by atoms with van der Waals surface area (Å²) in [6.45, 7) is 10.7. The molecule has 1 aromatic rings. The number of hydrogen-bond donors (Lipinski definition) is 0. The highest BCUT2D eigenvalue weighted by Gasteiger charge is 2.68. The van der Waals surface area contributed by atoms with Crippen molar-refractivity contribution in [1.82, 2.24) is 4.90 Å². The van der Waals surface area contributed by atoms with Gasteiger partial charge in [-0.1, -0.05) is 65.0 Å². The van der Waals surface area contributed by atoms with Crippen LogP contribution < -0.4 is 0 Å². The van der Waals surface area contributed by atoms with Crippen molar-refractivity contribution in [2.24, 2.45) is 16.7 Å². The molecule has 1 saturated heterocycles. The molecule has 1 aromatic carbocycles. The van der Waals surface area contributed by atoms with Crippen LogP contribution in [-0.4, -0.2) is 46.8 Å². The van der Waals surface area contributed by atoms with Crippen molar-refractivity contribution in [3.63, 3.8) is 0 Å². The third kappa shape index (κ3) is 3.62. The molecule has 0 spiro atoms. The average Bonchev–Trinajstić information content (AvgIpc) is 2.87. The Morgan fingerprint density at radius 2 is 1.81 bits per heavy atom. The van der Waals surface area contributed by atoms with Gasteiger partial charge in [0.25, 0.3) is 0 Å². The second-order valence-electron chi connectivity index (χ2n) is 8.63. The van der Waals surface area contributed by atoms with E-state index < -0.39 is 23.2 Å². The van der Waals surface area contributed by atoms with Gasteiger partial charge in [-0.05, 0) is 16.9 Å². The quantitative estimate of drug-likeness (QED) is 0.581. The van der Waals surface area contributed by atoms with Crippen LogP contribution in [0.5, 0.6) is 0 Å². The molecule has 0 bridgehead atoms. The van der Waals surface area contributed by atoms with Gasteiger partial charge in [0.15, 0.2) is 0 Å². The number of carbonyl (C=O) groups is 2. The smallest absolute Gasteiger partial charge is 0.412 e. The minimum atomic E-state index is -1.49. The van der Waals surface area contributed by atoms with Crippen LogP contribution in [0.2, 0.25) is 0 Å². The van der Waals surface area contributed by atoms with E-state index in [2.05, 4.69) is 20.8 Å². The van der Waals surface area contributed by atoms with Crippen molar-refractivity contribution < 1.29 is 23.5 Å². The second-order valence-corrected chi connectivity index (χ2v) is 9.04. The van der Waals surface area contributed by atoms with Crippen LogP contribution in [-0.2, 0) is 25.3 Å². The normalized spacial score (nSPS) is 24.7. The average molecular weight is 394 g/mol. The first-order chi connectivity index (χ1) is 12.5. The zero-order valence-electron chi connectivity index (χ0n) is 17.4. The maximum absolute atomic E-state index is 13.0. The molecule has 0 N–H and O–H groups in total. The predicted octanol–water partition coefficient (Wildman–Crippen LogP) is 2.49. The van der Waals surface area contributed by atoms with Gasteiger partial charge in [-0.2, -0.15) is 0 Å². The Balaban J connectivity index is 2.38. The summed E-state index contributed by atoms with van der Waals surface area (Å²) in [4.78, 5) is 27.3. The summed E-state index contributed by atoms with van der Waals surface area (Å²) in [6.07, 6.45) is -0.570. The largest absolute Gasteiger partial charge is 0.465 e. The zero-order valence-corrected chi connectivity index (χ0v) is 19.4. The Morgan fingerprint density at radius 1 is 1.22 bits per heavy atom. The number of carbonyl (C=O) groups excluding carboxylic acids is 2. The van der Waals surface area contributed by atoms with Gasteiger partial charge in [0.2, 0.25) is 5.72 Å². The fourth-order valence-corrected chi connectivity index (χ4v) is 5.36. The number of ether oxygens (including phenoxy) is 2. The van der Waals surface area contributed by atoms with Gasteiger partial charge in [-0.25, -0.2) is 9.59 Å². The minimum Gasteiger partial charge on any atom is -0.465 e. The first kappa shape index (κ1) is 21.4. The molecule has 7 heteroatoms. The molecule has 150 valence electrons. The van der Waals surface area contributed by atoms with Crippen LogP contribution in [0.1, 0.15) is 40.2 Å². The number of likely N-dealkylation sites (tertiary alicyclic amines) is 1. The van der Waals surface area contributed by atoms with Gasteiger partial charge in [0, 0.05) is 12.0 Å². The first-order valence-electron chi connectivity index (χ1n) is 9.14. The molecule has 1 fully saturated rings. The number of rotatable bonds is 4. The van der Waals surface area contributed by atoms with E-state index in [0.717, 1.165) is 5.56 Å². The van der Waals surface area contributed by atoms with Crippen molar-refractivity contribution >= 4 is 22.5 Å². The fourth-order valence-electron chi connectivity index (χ4n) is 4.45. The van der Waals surface area contributed by atoms with E-state index in [0.29, 0.717) is 6.54 Å². The van der Waals surface area contributed by atoms with Crippen LogP contribution in [0.15, 0.2) is 30.3 Å². The van der Waals surface area contributed by atoms with E-state index in [4.69, 9.17) is 13.9 Å². The maximum atomic E-state index is 13.0. The van der Waals surface area contributed by atoms with E-state index in [9.17, 15) is 9.59 Å². The molecule has 0 aliphatic carbocycles. The van der Waals surface area contributed by atoms with Gasteiger partial charge < -0.3 is 13.9 Å². The molecule has 0 radical (unpaired) electrons. The van der Waals surface area contributed by atoms with Gasteiger partial charge in [0.1, 0.15) is 17.1 Å². The highest BCUT2D eigenvalue weighted by atomic mass is 28.2. The van der Waals surface area contributed by atoms with Gasteiger partial charge in [0.05, 0.1) is 7.11 Å². The van der Waals surface area contributed by atoms with Gasteiger partial charge >= 0.3 is 12.1 Å². The molecule has 0 unspecified atom stereocenters. The van der Waals surface area contributed by atoms with Gasteiger partial charge in [-0.3, -0.25) is 4.90 Å². The summed E-state index contributed by atoms with van der Waals surface area (Å²) in [6, 6.07) is 9.44. The van der Waals surface area contributed by atoms with E-state index in [1.807, 2.05) is 44.2 Å². The predicted molar refractivity (Wildman–Crippen MR) is 106 cm³/mol. The van der Waals surface area contributed by atoms with E-state index >= 15 is 0 Å². The first-order valence-corrected chi connectivity index (χ1v) is 9.96. The Labute approximate surface area is 164 Å². The molecule has 27 heavy (non-hydrogen) atoms. The number of hydrogen-bond acceptors (Lipinski definition) is 5. The molecule has 2 atom stereocenters. The van der Waals surface area contributed by atoms with Crippen LogP contribution in [0, 0.1) is 16.7 Å². The van der Waals surface area contributed by atoms with Gasteiger partial charge in [-0.15, -0.1) is 0 Å². The molecular weight excluding hydrogens is 362 g/mol. The van der Waals surface area contributed by atoms with E-state index in [-0.39, 0.29) is 28.4 Å².